The molecule has 28 heavy (non-hydrogen) atoms. The zero-order valence-electron chi connectivity index (χ0n) is 15.4. The fourth-order valence-corrected chi connectivity index (χ4v) is 3.96. The van der Waals surface area contributed by atoms with Crippen molar-refractivity contribution in [3.05, 3.63) is 88.8 Å². The van der Waals surface area contributed by atoms with Gasteiger partial charge >= 0.3 is 5.97 Å². The number of hydrogen-bond acceptors (Lipinski definition) is 6. The van der Waals surface area contributed by atoms with E-state index in [2.05, 4.69) is 4.98 Å². The molecule has 2 N–H and O–H groups in total. The van der Waals surface area contributed by atoms with Crippen molar-refractivity contribution in [2.45, 2.75) is 24.7 Å². The van der Waals surface area contributed by atoms with E-state index in [1.54, 1.807) is 18.5 Å². The number of esters is 1. The van der Waals surface area contributed by atoms with Crippen LogP contribution in [0.15, 0.2) is 77.6 Å². The molecule has 1 aliphatic carbocycles. The van der Waals surface area contributed by atoms with Crippen LogP contribution in [0.25, 0.3) is 0 Å². The van der Waals surface area contributed by atoms with Crippen molar-refractivity contribution in [3.63, 3.8) is 0 Å². The lowest BCUT2D eigenvalue weighted by atomic mass is 9.73. The van der Waals surface area contributed by atoms with Crippen LogP contribution >= 0.6 is 0 Å². The van der Waals surface area contributed by atoms with Gasteiger partial charge in [-0.25, -0.2) is 4.79 Å². The van der Waals surface area contributed by atoms with E-state index in [-0.39, 0.29) is 23.2 Å². The monoisotopic (exact) mass is 376 g/mol. The summed E-state index contributed by atoms with van der Waals surface area (Å²) in [7, 11) is 1.28. The van der Waals surface area contributed by atoms with Crippen LogP contribution in [0.1, 0.15) is 35.8 Å². The molecule has 142 valence electrons. The first kappa shape index (κ1) is 18.0. The third-order valence-electron chi connectivity index (χ3n) is 5.23. The SMILES string of the molecule is COC(=O)C1=C(N)OC2=C(C(=O)C[C@H](c3ccccc3)C2)[C@H]1c1cccnc1. The molecule has 0 bridgehead atoms. The molecule has 6 heteroatoms. The maximum atomic E-state index is 13.2. The van der Waals surface area contributed by atoms with E-state index < -0.39 is 11.9 Å². The minimum absolute atomic E-state index is 0.00877. The van der Waals surface area contributed by atoms with Gasteiger partial charge in [0.25, 0.3) is 0 Å². The first-order valence-corrected chi connectivity index (χ1v) is 9.07. The lowest BCUT2D eigenvalue weighted by Crippen LogP contribution is -2.33. The Morgan fingerprint density at radius 1 is 1.14 bits per heavy atom. The lowest BCUT2D eigenvalue weighted by molar-refractivity contribution is -0.136. The second-order valence-corrected chi connectivity index (χ2v) is 6.87. The summed E-state index contributed by atoms with van der Waals surface area (Å²) in [6.07, 6.45) is 4.15. The highest BCUT2D eigenvalue weighted by Gasteiger charge is 2.43. The largest absolute Gasteiger partial charge is 0.465 e. The molecule has 0 saturated heterocycles. The molecular formula is C22H20N2O4. The maximum Gasteiger partial charge on any atom is 0.340 e. The molecule has 0 unspecified atom stereocenters. The van der Waals surface area contributed by atoms with Crippen molar-refractivity contribution >= 4 is 11.8 Å². The van der Waals surface area contributed by atoms with Gasteiger partial charge in [-0.2, -0.15) is 0 Å². The van der Waals surface area contributed by atoms with Gasteiger partial charge in [0.15, 0.2) is 5.78 Å². The molecule has 2 heterocycles. The molecule has 0 saturated carbocycles. The van der Waals surface area contributed by atoms with Crippen LogP contribution in [0, 0.1) is 0 Å². The molecule has 0 radical (unpaired) electrons. The van der Waals surface area contributed by atoms with Crippen molar-refractivity contribution in [3.8, 4) is 0 Å². The van der Waals surface area contributed by atoms with Gasteiger partial charge in [0.05, 0.1) is 13.0 Å². The Hall–Kier alpha value is -3.41. The zero-order valence-corrected chi connectivity index (χ0v) is 15.4. The Bertz CT molecular complexity index is 980. The van der Waals surface area contributed by atoms with E-state index in [1.165, 1.54) is 7.11 Å². The van der Waals surface area contributed by atoms with Gasteiger partial charge in [-0.05, 0) is 23.1 Å². The summed E-state index contributed by atoms with van der Waals surface area (Å²) in [5.41, 5.74) is 8.49. The number of rotatable bonds is 3. The number of ether oxygens (including phenoxy) is 2. The first-order chi connectivity index (χ1) is 13.6. The van der Waals surface area contributed by atoms with Crippen LogP contribution in [0.4, 0.5) is 0 Å². The summed E-state index contributed by atoms with van der Waals surface area (Å²) in [4.78, 5) is 29.8. The average Bonchev–Trinajstić information content (AvgIpc) is 2.73. The van der Waals surface area contributed by atoms with Crippen LogP contribution in [-0.2, 0) is 19.1 Å². The summed E-state index contributed by atoms with van der Waals surface area (Å²) in [5.74, 6) is -0.817. The van der Waals surface area contributed by atoms with E-state index in [0.29, 0.717) is 29.7 Å². The Morgan fingerprint density at radius 3 is 2.57 bits per heavy atom. The van der Waals surface area contributed by atoms with Crippen LogP contribution in [0.5, 0.6) is 0 Å². The van der Waals surface area contributed by atoms with Crippen molar-refractivity contribution in [2.24, 2.45) is 5.73 Å². The number of pyridine rings is 1. The molecular weight excluding hydrogens is 356 g/mol. The number of ketones is 1. The molecule has 4 rings (SSSR count). The number of benzene rings is 1. The zero-order chi connectivity index (χ0) is 19.7. The second-order valence-electron chi connectivity index (χ2n) is 6.87. The van der Waals surface area contributed by atoms with Crippen molar-refractivity contribution in [1.29, 1.82) is 0 Å². The smallest absolute Gasteiger partial charge is 0.340 e. The number of hydrogen-bond donors (Lipinski definition) is 1. The van der Waals surface area contributed by atoms with E-state index in [1.807, 2.05) is 36.4 Å². The molecule has 2 aromatic rings. The minimum Gasteiger partial charge on any atom is -0.465 e. The molecule has 1 aliphatic heterocycles. The standard InChI is InChI=1S/C22H20N2O4/c1-27-22(26)20-18(14-8-5-9-24-12-14)19-16(25)10-15(11-17(19)28-21(20)23)13-6-3-2-4-7-13/h2-9,12,15,18H,10-11,23H2,1H3/t15-,18+/m0/s1. The molecule has 0 amide bonds. The average molecular weight is 376 g/mol. The van der Waals surface area contributed by atoms with Gasteiger partial charge in [0.2, 0.25) is 5.88 Å². The molecule has 1 aromatic heterocycles. The quantitative estimate of drug-likeness (QED) is 0.828. The van der Waals surface area contributed by atoms with Gasteiger partial charge in [0, 0.05) is 30.8 Å². The number of methoxy groups -OCH3 is 1. The number of allylic oxidation sites excluding steroid dienone is 2. The molecule has 2 aliphatic rings. The number of Topliss-reactive ketones (excluding diaryl/α,β-unsaturated/α-hetero) is 1. The Morgan fingerprint density at radius 2 is 1.89 bits per heavy atom. The maximum absolute atomic E-state index is 13.2. The second kappa shape index (κ2) is 7.31. The highest BCUT2D eigenvalue weighted by Crippen LogP contribution is 2.46. The van der Waals surface area contributed by atoms with E-state index in [9.17, 15) is 9.59 Å². The van der Waals surface area contributed by atoms with Crippen LogP contribution < -0.4 is 5.73 Å². The molecule has 2 atom stereocenters. The van der Waals surface area contributed by atoms with E-state index in [4.69, 9.17) is 15.2 Å². The number of carbonyl (C=O) groups is 2. The highest BCUT2D eigenvalue weighted by atomic mass is 16.5. The third-order valence-corrected chi connectivity index (χ3v) is 5.23. The topological polar surface area (TPSA) is 91.5 Å². The highest BCUT2D eigenvalue weighted by molar-refractivity contribution is 6.03. The molecule has 6 nitrogen and oxygen atoms in total. The van der Waals surface area contributed by atoms with Crippen LogP contribution in [0.2, 0.25) is 0 Å². The third kappa shape index (κ3) is 3.07. The number of aromatic nitrogens is 1. The fourth-order valence-electron chi connectivity index (χ4n) is 3.96. The summed E-state index contributed by atoms with van der Waals surface area (Å²) >= 11 is 0. The van der Waals surface area contributed by atoms with E-state index in [0.717, 1.165) is 5.56 Å². The van der Waals surface area contributed by atoms with Crippen LogP contribution in [0.3, 0.4) is 0 Å². The summed E-state index contributed by atoms with van der Waals surface area (Å²) in [6.45, 7) is 0. The number of nitrogens with two attached hydrogens (primary N) is 1. The van der Waals surface area contributed by atoms with Gasteiger partial charge in [-0.1, -0.05) is 36.4 Å². The molecule has 1 aromatic carbocycles. The normalized spacial score (nSPS) is 21.8. The fraction of sp³-hybridized carbons (Fsp3) is 0.227. The van der Waals surface area contributed by atoms with Crippen molar-refractivity contribution in [1.82, 2.24) is 4.98 Å². The number of carbonyl (C=O) groups excluding carboxylic acids is 2. The Balaban J connectivity index is 1.81. The van der Waals surface area contributed by atoms with Crippen LogP contribution in [-0.4, -0.2) is 23.8 Å². The van der Waals surface area contributed by atoms with Gasteiger partial charge < -0.3 is 15.2 Å². The summed E-state index contributed by atoms with van der Waals surface area (Å²) < 4.78 is 10.7. The Labute approximate surface area is 162 Å². The van der Waals surface area contributed by atoms with E-state index >= 15 is 0 Å². The summed E-state index contributed by atoms with van der Waals surface area (Å²) in [5, 5.41) is 0. The van der Waals surface area contributed by atoms with Gasteiger partial charge in [0.1, 0.15) is 11.3 Å². The first-order valence-electron chi connectivity index (χ1n) is 9.07. The van der Waals surface area contributed by atoms with Crippen molar-refractivity contribution < 1.29 is 19.1 Å². The summed E-state index contributed by atoms with van der Waals surface area (Å²) in [6, 6.07) is 13.4. The predicted molar refractivity (Wildman–Crippen MR) is 102 cm³/mol. The number of nitrogens with zero attached hydrogens (tertiary/aromatic N) is 1. The molecule has 0 fully saturated rings. The van der Waals surface area contributed by atoms with Gasteiger partial charge in [-0.3, -0.25) is 9.78 Å². The predicted octanol–water partition coefficient (Wildman–Crippen LogP) is 2.94. The minimum atomic E-state index is -0.644. The Kier molecular flexibility index (Phi) is 4.69. The molecule has 0 spiro atoms. The van der Waals surface area contributed by atoms with Crippen molar-refractivity contribution in [2.75, 3.05) is 7.11 Å². The lowest BCUT2D eigenvalue weighted by Gasteiger charge is -2.34. The van der Waals surface area contributed by atoms with Gasteiger partial charge in [-0.15, -0.1) is 0 Å².